The Morgan fingerprint density at radius 1 is 1.10 bits per heavy atom. The standard InChI is InChI=1S/C12H5Cl4FN2O/c13-7-3-5(17)4-8(14)10(7)19-12(20)6-1-2-9(15)18-11(6)16/h1-4H,(H,19,20). The van der Waals surface area contributed by atoms with Crippen LogP contribution in [0.1, 0.15) is 10.4 Å². The highest BCUT2D eigenvalue weighted by Crippen LogP contribution is 2.32. The van der Waals surface area contributed by atoms with E-state index < -0.39 is 11.7 Å². The van der Waals surface area contributed by atoms with E-state index in [9.17, 15) is 9.18 Å². The van der Waals surface area contributed by atoms with Crippen LogP contribution in [0, 0.1) is 5.82 Å². The Morgan fingerprint density at radius 2 is 1.70 bits per heavy atom. The van der Waals surface area contributed by atoms with Gasteiger partial charge in [-0.1, -0.05) is 46.4 Å². The third-order valence-corrected chi connectivity index (χ3v) is 3.40. The SMILES string of the molecule is O=C(Nc1c(Cl)cc(F)cc1Cl)c1ccc(Cl)nc1Cl. The molecule has 104 valence electrons. The molecule has 8 heteroatoms. The van der Waals surface area contributed by atoms with E-state index in [0.29, 0.717) is 0 Å². The van der Waals surface area contributed by atoms with E-state index in [4.69, 9.17) is 46.4 Å². The summed E-state index contributed by atoms with van der Waals surface area (Å²) in [6.07, 6.45) is 0. The first-order chi connectivity index (χ1) is 9.38. The highest BCUT2D eigenvalue weighted by atomic mass is 35.5. The van der Waals surface area contributed by atoms with Crippen LogP contribution in [-0.2, 0) is 0 Å². The molecule has 2 rings (SSSR count). The number of pyridine rings is 1. The summed E-state index contributed by atoms with van der Waals surface area (Å²) in [5, 5.41) is 2.48. The molecule has 0 bridgehead atoms. The lowest BCUT2D eigenvalue weighted by Crippen LogP contribution is -2.13. The Balaban J connectivity index is 2.33. The highest BCUT2D eigenvalue weighted by Gasteiger charge is 2.16. The van der Waals surface area contributed by atoms with E-state index in [1.54, 1.807) is 0 Å². The molecule has 0 radical (unpaired) electrons. The molecule has 0 atom stereocenters. The van der Waals surface area contributed by atoms with Crippen LogP contribution < -0.4 is 5.32 Å². The molecule has 0 aliphatic rings. The van der Waals surface area contributed by atoms with Crippen LogP contribution in [0.15, 0.2) is 24.3 Å². The van der Waals surface area contributed by atoms with Gasteiger partial charge < -0.3 is 5.32 Å². The average Bonchev–Trinajstić information content (AvgIpc) is 2.33. The number of carbonyl (C=O) groups excluding carboxylic acids is 1. The Kier molecular flexibility index (Phi) is 4.70. The van der Waals surface area contributed by atoms with Crippen molar-refractivity contribution in [3.8, 4) is 0 Å². The number of nitrogens with zero attached hydrogens (tertiary/aromatic N) is 1. The van der Waals surface area contributed by atoms with Gasteiger partial charge in [-0.2, -0.15) is 0 Å². The van der Waals surface area contributed by atoms with Crippen LogP contribution >= 0.6 is 46.4 Å². The van der Waals surface area contributed by atoms with Crippen LogP contribution in [0.3, 0.4) is 0 Å². The zero-order valence-electron chi connectivity index (χ0n) is 9.55. The summed E-state index contributed by atoms with van der Waals surface area (Å²) >= 11 is 23.1. The van der Waals surface area contributed by atoms with Crippen molar-refractivity contribution in [1.82, 2.24) is 4.98 Å². The van der Waals surface area contributed by atoms with Crippen molar-refractivity contribution in [3.05, 3.63) is 56.0 Å². The predicted octanol–water partition coefficient (Wildman–Crippen LogP) is 5.09. The maximum atomic E-state index is 13.0. The lowest BCUT2D eigenvalue weighted by molar-refractivity contribution is 0.102. The van der Waals surface area contributed by atoms with Gasteiger partial charge in [-0.05, 0) is 24.3 Å². The van der Waals surface area contributed by atoms with Crippen molar-refractivity contribution >= 4 is 58.0 Å². The number of rotatable bonds is 2. The number of carbonyl (C=O) groups is 1. The molecule has 2 aromatic rings. The minimum Gasteiger partial charge on any atom is -0.319 e. The molecule has 0 unspecified atom stereocenters. The molecule has 1 heterocycles. The van der Waals surface area contributed by atoms with Crippen molar-refractivity contribution in [3.63, 3.8) is 0 Å². The van der Waals surface area contributed by atoms with Crippen LogP contribution in [-0.4, -0.2) is 10.9 Å². The van der Waals surface area contributed by atoms with E-state index in [1.807, 2.05) is 0 Å². The van der Waals surface area contributed by atoms with Crippen molar-refractivity contribution in [2.45, 2.75) is 0 Å². The van der Waals surface area contributed by atoms with Crippen molar-refractivity contribution in [2.24, 2.45) is 0 Å². The van der Waals surface area contributed by atoms with Gasteiger partial charge in [0.2, 0.25) is 0 Å². The second kappa shape index (κ2) is 6.14. The van der Waals surface area contributed by atoms with Crippen molar-refractivity contribution in [1.29, 1.82) is 0 Å². The molecular weight excluding hydrogens is 349 g/mol. The number of aromatic nitrogens is 1. The van der Waals surface area contributed by atoms with Gasteiger partial charge >= 0.3 is 0 Å². The van der Waals surface area contributed by atoms with Gasteiger partial charge in [-0.15, -0.1) is 0 Å². The molecule has 1 aromatic carbocycles. The first-order valence-corrected chi connectivity index (χ1v) is 6.67. The average molecular weight is 354 g/mol. The number of halogens is 5. The Hall–Kier alpha value is -1.07. The lowest BCUT2D eigenvalue weighted by atomic mass is 10.2. The summed E-state index contributed by atoms with van der Waals surface area (Å²) in [6.45, 7) is 0. The molecule has 1 aromatic heterocycles. The second-order valence-electron chi connectivity index (χ2n) is 3.67. The van der Waals surface area contributed by atoms with Crippen LogP contribution in [0.4, 0.5) is 10.1 Å². The Labute approximate surface area is 133 Å². The lowest BCUT2D eigenvalue weighted by Gasteiger charge is -2.10. The molecule has 0 fully saturated rings. The highest BCUT2D eigenvalue weighted by molar-refractivity contribution is 6.40. The summed E-state index contributed by atoms with van der Waals surface area (Å²) < 4.78 is 13.0. The normalized spacial score (nSPS) is 10.4. The zero-order chi connectivity index (χ0) is 14.9. The summed E-state index contributed by atoms with van der Waals surface area (Å²) in [5.74, 6) is -1.20. The molecule has 3 nitrogen and oxygen atoms in total. The van der Waals surface area contributed by atoms with Crippen molar-refractivity contribution < 1.29 is 9.18 Å². The zero-order valence-corrected chi connectivity index (χ0v) is 12.6. The van der Waals surface area contributed by atoms with Crippen LogP contribution in [0.2, 0.25) is 20.4 Å². The molecule has 0 spiro atoms. The monoisotopic (exact) mass is 352 g/mol. The number of anilines is 1. The third-order valence-electron chi connectivity index (χ3n) is 2.30. The molecule has 0 aliphatic carbocycles. The van der Waals surface area contributed by atoms with Gasteiger partial charge in [0, 0.05) is 0 Å². The smallest absolute Gasteiger partial charge is 0.258 e. The van der Waals surface area contributed by atoms with Gasteiger partial charge in [-0.25, -0.2) is 9.37 Å². The largest absolute Gasteiger partial charge is 0.319 e. The number of hydrogen-bond donors (Lipinski definition) is 1. The van der Waals surface area contributed by atoms with Gasteiger partial charge in [-0.3, -0.25) is 4.79 Å². The molecule has 0 saturated heterocycles. The minimum atomic E-state index is -0.607. The Morgan fingerprint density at radius 3 is 2.25 bits per heavy atom. The van der Waals surface area contributed by atoms with E-state index in [0.717, 1.165) is 12.1 Å². The van der Waals surface area contributed by atoms with E-state index in [-0.39, 0.29) is 31.6 Å². The first-order valence-electron chi connectivity index (χ1n) is 5.16. The molecular formula is C12H5Cl4FN2O. The van der Waals surface area contributed by atoms with Crippen molar-refractivity contribution in [2.75, 3.05) is 5.32 Å². The van der Waals surface area contributed by atoms with Gasteiger partial charge in [0.25, 0.3) is 5.91 Å². The fourth-order valence-corrected chi connectivity index (χ4v) is 2.41. The van der Waals surface area contributed by atoms with Crippen LogP contribution in [0.25, 0.3) is 0 Å². The van der Waals surface area contributed by atoms with Crippen LogP contribution in [0.5, 0.6) is 0 Å². The summed E-state index contributed by atoms with van der Waals surface area (Å²) in [4.78, 5) is 15.8. The van der Waals surface area contributed by atoms with Gasteiger partial charge in [0.05, 0.1) is 21.3 Å². The third kappa shape index (κ3) is 3.33. The molecule has 0 saturated carbocycles. The quantitative estimate of drug-likeness (QED) is 0.764. The summed E-state index contributed by atoms with van der Waals surface area (Å²) in [6, 6.07) is 4.88. The van der Waals surface area contributed by atoms with E-state index in [1.165, 1.54) is 12.1 Å². The number of hydrogen-bond acceptors (Lipinski definition) is 2. The molecule has 0 aliphatic heterocycles. The second-order valence-corrected chi connectivity index (χ2v) is 5.23. The maximum Gasteiger partial charge on any atom is 0.258 e. The topological polar surface area (TPSA) is 42.0 Å². The summed E-state index contributed by atoms with van der Waals surface area (Å²) in [7, 11) is 0. The molecule has 1 N–H and O–H groups in total. The van der Waals surface area contributed by atoms with Gasteiger partial charge in [0.15, 0.2) is 0 Å². The molecule has 20 heavy (non-hydrogen) atoms. The minimum absolute atomic E-state index is 0.0265. The molecule has 1 amide bonds. The Bertz CT molecular complexity index is 670. The first kappa shape index (κ1) is 15.3. The van der Waals surface area contributed by atoms with E-state index >= 15 is 0 Å². The number of amides is 1. The number of nitrogens with one attached hydrogen (secondary N) is 1. The number of benzene rings is 1. The van der Waals surface area contributed by atoms with Gasteiger partial charge in [0.1, 0.15) is 16.1 Å². The fourth-order valence-electron chi connectivity index (χ4n) is 1.42. The fraction of sp³-hybridized carbons (Fsp3) is 0. The predicted molar refractivity (Wildman–Crippen MR) is 78.6 cm³/mol. The van der Waals surface area contributed by atoms with E-state index in [2.05, 4.69) is 10.3 Å². The maximum absolute atomic E-state index is 13.0. The summed E-state index contributed by atoms with van der Waals surface area (Å²) in [5.41, 5.74) is 0.179.